The van der Waals surface area contributed by atoms with Crippen molar-refractivity contribution in [3.05, 3.63) is 48.3 Å². The van der Waals surface area contributed by atoms with E-state index < -0.39 is 0 Å². The SMILES string of the molecule is BrC(Br)c1cccnc1-c1ccccn1. The Morgan fingerprint density at radius 2 is 1.73 bits per heavy atom. The van der Waals surface area contributed by atoms with Gasteiger partial charge in [0.05, 0.1) is 15.1 Å². The summed E-state index contributed by atoms with van der Waals surface area (Å²) in [4.78, 5) is 8.64. The first-order valence-corrected chi connectivity index (χ1v) is 6.26. The molecule has 0 atom stereocenters. The molecular weight excluding hydrogens is 320 g/mol. The quantitative estimate of drug-likeness (QED) is 0.781. The number of halogens is 2. The summed E-state index contributed by atoms with van der Waals surface area (Å²) < 4.78 is 0.0932. The molecule has 0 saturated carbocycles. The smallest absolute Gasteiger partial charge is 0.0968 e. The van der Waals surface area contributed by atoms with Crippen LogP contribution >= 0.6 is 31.9 Å². The maximum atomic E-state index is 4.35. The maximum absolute atomic E-state index is 4.35. The number of rotatable bonds is 2. The highest BCUT2D eigenvalue weighted by molar-refractivity contribution is 9.24. The van der Waals surface area contributed by atoms with Gasteiger partial charge in [0.15, 0.2) is 0 Å². The van der Waals surface area contributed by atoms with Gasteiger partial charge in [-0.2, -0.15) is 0 Å². The zero-order valence-corrected chi connectivity index (χ0v) is 10.9. The van der Waals surface area contributed by atoms with E-state index in [1.807, 2.05) is 30.3 Å². The third-order valence-corrected chi connectivity index (χ3v) is 2.97. The van der Waals surface area contributed by atoms with Gasteiger partial charge in [0.2, 0.25) is 0 Å². The number of nitrogens with zero attached hydrogens (tertiary/aromatic N) is 2. The molecule has 2 nitrogen and oxygen atoms in total. The number of hydrogen-bond donors (Lipinski definition) is 0. The topological polar surface area (TPSA) is 25.8 Å². The van der Waals surface area contributed by atoms with Gasteiger partial charge in [0.1, 0.15) is 0 Å². The molecule has 0 saturated heterocycles. The van der Waals surface area contributed by atoms with E-state index in [1.54, 1.807) is 12.4 Å². The van der Waals surface area contributed by atoms with E-state index in [-0.39, 0.29) is 3.74 Å². The Balaban J connectivity index is 2.53. The van der Waals surface area contributed by atoms with Gasteiger partial charge in [-0.1, -0.05) is 44.0 Å². The molecule has 0 bridgehead atoms. The molecule has 0 amide bonds. The van der Waals surface area contributed by atoms with Crippen LogP contribution in [0.1, 0.15) is 9.30 Å². The molecule has 0 radical (unpaired) electrons. The molecule has 2 aromatic rings. The van der Waals surface area contributed by atoms with Gasteiger partial charge in [0, 0.05) is 18.0 Å². The van der Waals surface area contributed by atoms with E-state index in [0.29, 0.717) is 0 Å². The standard InChI is InChI=1S/C11H8Br2N2/c12-11(13)8-4-3-7-15-10(8)9-5-1-2-6-14-9/h1-7,11H. The summed E-state index contributed by atoms with van der Waals surface area (Å²) in [5.74, 6) is 0. The summed E-state index contributed by atoms with van der Waals surface area (Å²) in [6, 6.07) is 9.74. The van der Waals surface area contributed by atoms with E-state index in [4.69, 9.17) is 0 Å². The summed E-state index contributed by atoms with van der Waals surface area (Å²) in [5.41, 5.74) is 2.87. The molecule has 0 N–H and O–H groups in total. The second kappa shape index (κ2) is 4.86. The summed E-state index contributed by atoms with van der Waals surface area (Å²) in [6.45, 7) is 0. The Bertz CT molecular complexity index is 443. The Hall–Kier alpha value is -0.740. The van der Waals surface area contributed by atoms with E-state index in [0.717, 1.165) is 17.0 Å². The van der Waals surface area contributed by atoms with Crippen molar-refractivity contribution in [1.82, 2.24) is 9.97 Å². The lowest BCUT2D eigenvalue weighted by atomic mass is 10.1. The predicted octanol–water partition coefficient (Wildman–Crippen LogP) is 3.93. The molecule has 2 rings (SSSR count). The van der Waals surface area contributed by atoms with Crippen LogP contribution in [0.15, 0.2) is 42.7 Å². The van der Waals surface area contributed by atoms with Crippen molar-refractivity contribution in [3.63, 3.8) is 0 Å². The molecule has 0 aliphatic carbocycles. The van der Waals surface area contributed by atoms with Crippen LogP contribution in [0.2, 0.25) is 0 Å². The Kier molecular flexibility index (Phi) is 3.49. The van der Waals surface area contributed by atoms with E-state index in [2.05, 4.69) is 41.8 Å². The number of aromatic nitrogens is 2. The molecule has 2 aromatic heterocycles. The lowest BCUT2D eigenvalue weighted by Crippen LogP contribution is -1.93. The minimum absolute atomic E-state index is 0.0932. The molecule has 0 fully saturated rings. The lowest BCUT2D eigenvalue weighted by molar-refractivity contribution is 1.20. The Morgan fingerprint density at radius 3 is 2.40 bits per heavy atom. The average molecular weight is 328 g/mol. The van der Waals surface area contributed by atoms with Crippen molar-refractivity contribution in [2.75, 3.05) is 0 Å². The summed E-state index contributed by atoms with van der Waals surface area (Å²) in [7, 11) is 0. The molecule has 0 unspecified atom stereocenters. The van der Waals surface area contributed by atoms with Crippen LogP contribution in [0.25, 0.3) is 11.4 Å². The van der Waals surface area contributed by atoms with Crippen molar-refractivity contribution < 1.29 is 0 Å². The lowest BCUT2D eigenvalue weighted by Gasteiger charge is -2.08. The monoisotopic (exact) mass is 326 g/mol. The van der Waals surface area contributed by atoms with E-state index >= 15 is 0 Å². The fourth-order valence-electron chi connectivity index (χ4n) is 1.31. The van der Waals surface area contributed by atoms with Crippen LogP contribution in [-0.2, 0) is 0 Å². The summed E-state index contributed by atoms with van der Waals surface area (Å²) in [5, 5.41) is 0. The van der Waals surface area contributed by atoms with Gasteiger partial charge < -0.3 is 0 Å². The second-order valence-electron chi connectivity index (χ2n) is 2.96. The van der Waals surface area contributed by atoms with Crippen LogP contribution in [0.4, 0.5) is 0 Å². The van der Waals surface area contributed by atoms with Gasteiger partial charge in [-0.25, -0.2) is 0 Å². The fourth-order valence-corrected chi connectivity index (χ4v) is 2.05. The number of hydrogen-bond acceptors (Lipinski definition) is 2. The van der Waals surface area contributed by atoms with Gasteiger partial charge >= 0.3 is 0 Å². The normalized spacial score (nSPS) is 10.6. The van der Waals surface area contributed by atoms with Crippen LogP contribution in [0.3, 0.4) is 0 Å². The Morgan fingerprint density at radius 1 is 0.933 bits per heavy atom. The van der Waals surface area contributed by atoms with Crippen molar-refractivity contribution >= 4 is 31.9 Å². The average Bonchev–Trinajstić information content (AvgIpc) is 2.30. The third kappa shape index (κ3) is 2.44. The third-order valence-electron chi connectivity index (χ3n) is 1.98. The van der Waals surface area contributed by atoms with Crippen LogP contribution in [0, 0.1) is 0 Å². The highest BCUT2D eigenvalue weighted by Crippen LogP contribution is 2.34. The highest BCUT2D eigenvalue weighted by atomic mass is 79.9. The van der Waals surface area contributed by atoms with E-state index in [9.17, 15) is 0 Å². The van der Waals surface area contributed by atoms with Gasteiger partial charge in [-0.05, 0) is 18.2 Å². The molecule has 76 valence electrons. The van der Waals surface area contributed by atoms with E-state index in [1.165, 1.54) is 0 Å². The Labute approximate surface area is 105 Å². The van der Waals surface area contributed by atoms with Gasteiger partial charge in [-0.15, -0.1) is 0 Å². The summed E-state index contributed by atoms with van der Waals surface area (Å²) >= 11 is 6.96. The minimum atomic E-state index is 0.0932. The zero-order valence-electron chi connectivity index (χ0n) is 7.77. The zero-order chi connectivity index (χ0) is 10.7. The molecule has 2 heterocycles. The van der Waals surface area contributed by atoms with Crippen molar-refractivity contribution in [2.45, 2.75) is 3.74 Å². The molecule has 0 aromatic carbocycles. The van der Waals surface area contributed by atoms with Gasteiger partial charge in [0.25, 0.3) is 0 Å². The largest absolute Gasteiger partial charge is 0.255 e. The number of alkyl halides is 2. The molecular formula is C11H8Br2N2. The predicted molar refractivity (Wildman–Crippen MR) is 68.1 cm³/mol. The first-order chi connectivity index (χ1) is 7.29. The maximum Gasteiger partial charge on any atom is 0.0968 e. The van der Waals surface area contributed by atoms with Crippen molar-refractivity contribution in [3.8, 4) is 11.4 Å². The van der Waals surface area contributed by atoms with Crippen LogP contribution in [-0.4, -0.2) is 9.97 Å². The molecule has 0 aliphatic heterocycles. The first kappa shape index (κ1) is 10.8. The van der Waals surface area contributed by atoms with Crippen molar-refractivity contribution in [2.24, 2.45) is 0 Å². The van der Waals surface area contributed by atoms with Crippen molar-refractivity contribution in [1.29, 1.82) is 0 Å². The second-order valence-corrected chi connectivity index (χ2v) is 6.02. The fraction of sp³-hybridized carbons (Fsp3) is 0.0909. The number of pyridine rings is 2. The first-order valence-electron chi connectivity index (χ1n) is 4.43. The minimum Gasteiger partial charge on any atom is -0.255 e. The molecule has 15 heavy (non-hydrogen) atoms. The van der Waals surface area contributed by atoms with Crippen LogP contribution < -0.4 is 0 Å². The van der Waals surface area contributed by atoms with Gasteiger partial charge in [-0.3, -0.25) is 9.97 Å². The molecule has 0 spiro atoms. The molecule has 4 heteroatoms. The summed E-state index contributed by atoms with van der Waals surface area (Å²) in [6.07, 6.45) is 3.54. The molecule has 0 aliphatic rings. The highest BCUT2D eigenvalue weighted by Gasteiger charge is 2.11. The van der Waals surface area contributed by atoms with Crippen LogP contribution in [0.5, 0.6) is 0 Å².